The van der Waals surface area contributed by atoms with Crippen molar-refractivity contribution in [3.05, 3.63) is 52.2 Å². The fourth-order valence-corrected chi connectivity index (χ4v) is 3.31. The van der Waals surface area contributed by atoms with Crippen LogP contribution in [0.3, 0.4) is 0 Å². The first-order chi connectivity index (χ1) is 12.9. The average molecular weight is 389 g/mol. The number of anilines is 2. The van der Waals surface area contributed by atoms with Crippen LogP contribution in [0.25, 0.3) is 10.9 Å². The van der Waals surface area contributed by atoms with Gasteiger partial charge in [0.2, 0.25) is 0 Å². The third-order valence-electron chi connectivity index (χ3n) is 4.05. The van der Waals surface area contributed by atoms with Gasteiger partial charge in [-0.2, -0.15) is 10.4 Å². The van der Waals surface area contributed by atoms with Crippen LogP contribution < -0.4 is 10.9 Å². The Hall–Kier alpha value is -3.19. The zero-order chi connectivity index (χ0) is 19.6. The van der Waals surface area contributed by atoms with Crippen molar-refractivity contribution in [1.29, 1.82) is 5.26 Å². The van der Waals surface area contributed by atoms with Crippen LogP contribution in [0.1, 0.15) is 24.9 Å². The van der Waals surface area contributed by atoms with Crippen LogP contribution in [-0.4, -0.2) is 23.2 Å². The molecule has 8 nitrogen and oxygen atoms in total. The molecular weight excluding hydrogens is 373 g/mol. The zero-order valence-electron chi connectivity index (χ0n) is 14.3. The Morgan fingerprint density at radius 2 is 2.19 bits per heavy atom. The minimum Gasteiger partial charge on any atom is -0.338 e. The number of rotatable bonds is 6. The summed E-state index contributed by atoms with van der Waals surface area (Å²) in [6.45, 7) is 1.80. The van der Waals surface area contributed by atoms with Crippen molar-refractivity contribution in [3.8, 4) is 6.07 Å². The summed E-state index contributed by atoms with van der Waals surface area (Å²) in [5, 5.41) is 16.5. The molecule has 3 aromatic rings. The molecule has 1 atom stereocenters. The number of nitriles is 1. The number of pyridine rings is 1. The van der Waals surface area contributed by atoms with E-state index in [1.165, 1.54) is 18.3 Å². The summed E-state index contributed by atoms with van der Waals surface area (Å²) < 4.78 is 37.2. The van der Waals surface area contributed by atoms with Crippen LogP contribution in [0.15, 0.2) is 35.3 Å². The van der Waals surface area contributed by atoms with E-state index in [0.717, 1.165) is 6.07 Å². The standard InChI is InChI=1S/C17H16FN5O3S/c1-10(4-6-19)23-14-5-7-20-17(24)15(14)16(22-23)21-12-3-2-11(9-27(25)26)13(18)8-12/h2-3,5,7-8,10,27H,4,9H2,1H3,(H,20,24)(H,21,22)/t10-/m0/s1. The van der Waals surface area contributed by atoms with Crippen molar-refractivity contribution in [2.45, 2.75) is 25.1 Å². The summed E-state index contributed by atoms with van der Waals surface area (Å²) in [4.78, 5) is 14.8. The normalized spacial score (nSPS) is 12.2. The number of hydrogen-bond donors (Lipinski definition) is 3. The second kappa shape index (κ2) is 7.59. The Bertz CT molecular complexity index is 1170. The lowest BCUT2D eigenvalue weighted by molar-refractivity contribution is 0.518. The summed E-state index contributed by atoms with van der Waals surface area (Å²) in [5.41, 5.74) is 0.558. The molecule has 27 heavy (non-hydrogen) atoms. The number of nitrogens with one attached hydrogen (secondary N) is 2. The van der Waals surface area contributed by atoms with Gasteiger partial charge in [-0.1, -0.05) is 6.07 Å². The molecule has 0 spiro atoms. The molecule has 0 aliphatic carbocycles. The van der Waals surface area contributed by atoms with Crippen molar-refractivity contribution >= 4 is 33.1 Å². The highest BCUT2D eigenvalue weighted by Gasteiger charge is 2.18. The number of H-pyrrole nitrogens is 1. The van der Waals surface area contributed by atoms with E-state index in [-0.39, 0.29) is 40.5 Å². The van der Waals surface area contributed by atoms with Crippen LogP contribution >= 0.6 is 0 Å². The van der Waals surface area contributed by atoms with Crippen LogP contribution in [0.4, 0.5) is 15.9 Å². The van der Waals surface area contributed by atoms with E-state index in [9.17, 15) is 17.6 Å². The van der Waals surface area contributed by atoms with Gasteiger partial charge in [0.05, 0.1) is 29.8 Å². The molecule has 2 heterocycles. The van der Waals surface area contributed by atoms with Gasteiger partial charge in [0.15, 0.2) is 5.82 Å². The van der Waals surface area contributed by atoms with Gasteiger partial charge in [0.1, 0.15) is 21.9 Å². The predicted octanol–water partition coefficient (Wildman–Crippen LogP) is 2.19. The van der Waals surface area contributed by atoms with Gasteiger partial charge < -0.3 is 10.3 Å². The van der Waals surface area contributed by atoms with Gasteiger partial charge in [-0.3, -0.25) is 9.48 Å². The number of benzene rings is 1. The van der Waals surface area contributed by atoms with Gasteiger partial charge in [-0.15, -0.1) is 0 Å². The Morgan fingerprint density at radius 1 is 1.41 bits per heavy atom. The first-order valence-corrected chi connectivity index (χ1v) is 9.41. The van der Waals surface area contributed by atoms with Crippen molar-refractivity contribution in [2.24, 2.45) is 0 Å². The maximum Gasteiger partial charge on any atom is 0.261 e. The van der Waals surface area contributed by atoms with E-state index < -0.39 is 16.5 Å². The van der Waals surface area contributed by atoms with E-state index in [2.05, 4.69) is 21.5 Å². The Kier molecular flexibility index (Phi) is 5.23. The van der Waals surface area contributed by atoms with Crippen molar-refractivity contribution < 1.29 is 12.8 Å². The lowest BCUT2D eigenvalue weighted by Crippen LogP contribution is -2.08. The van der Waals surface area contributed by atoms with Crippen LogP contribution in [0.2, 0.25) is 0 Å². The zero-order valence-corrected chi connectivity index (χ0v) is 15.2. The fourth-order valence-electron chi connectivity index (χ4n) is 2.77. The predicted molar refractivity (Wildman–Crippen MR) is 99.0 cm³/mol. The van der Waals surface area contributed by atoms with E-state index in [0.29, 0.717) is 11.2 Å². The minimum atomic E-state index is -2.73. The maximum atomic E-state index is 14.1. The summed E-state index contributed by atoms with van der Waals surface area (Å²) >= 11 is 0. The molecule has 0 radical (unpaired) electrons. The molecule has 0 fully saturated rings. The highest BCUT2D eigenvalue weighted by molar-refractivity contribution is 7.71. The molecule has 0 saturated heterocycles. The lowest BCUT2D eigenvalue weighted by Gasteiger charge is -2.09. The smallest absolute Gasteiger partial charge is 0.261 e. The van der Waals surface area contributed by atoms with Gasteiger partial charge in [0.25, 0.3) is 5.56 Å². The Labute approximate surface area is 155 Å². The molecule has 140 valence electrons. The second-order valence-electron chi connectivity index (χ2n) is 5.99. The van der Waals surface area contributed by atoms with Crippen molar-refractivity contribution in [2.75, 3.05) is 5.32 Å². The van der Waals surface area contributed by atoms with Crippen molar-refractivity contribution in [3.63, 3.8) is 0 Å². The third-order valence-corrected chi connectivity index (χ3v) is 4.65. The molecule has 3 rings (SSSR count). The summed E-state index contributed by atoms with van der Waals surface area (Å²) in [6.07, 6.45) is 1.70. The molecule has 2 N–H and O–H groups in total. The molecule has 0 aliphatic rings. The summed E-state index contributed by atoms with van der Waals surface area (Å²) in [6, 6.07) is 7.51. The number of fused-ring (bicyclic) bond motifs is 1. The van der Waals surface area contributed by atoms with E-state index >= 15 is 0 Å². The van der Waals surface area contributed by atoms with E-state index in [1.807, 2.05) is 0 Å². The molecule has 0 unspecified atom stereocenters. The van der Waals surface area contributed by atoms with Crippen molar-refractivity contribution in [1.82, 2.24) is 14.8 Å². The topological polar surface area (TPSA) is 121 Å². The maximum absolute atomic E-state index is 14.1. The molecule has 0 bridgehead atoms. The third kappa shape index (κ3) is 3.83. The summed E-state index contributed by atoms with van der Waals surface area (Å²) in [7, 11) is -2.73. The van der Waals surface area contributed by atoms with Gasteiger partial charge in [-0.25, -0.2) is 12.8 Å². The number of aromatic nitrogens is 3. The molecule has 1 aromatic carbocycles. The number of nitrogens with zero attached hydrogens (tertiary/aromatic N) is 3. The van der Waals surface area contributed by atoms with E-state index in [1.54, 1.807) is 17.7 Å². The molecule has 0 saturated carbocycles. The number of hydrogen-bond acceptors (Lipinski definition) is 6. The molecule has 0 aliphatic heterocycles. The number of halogens is 1. The fraction of sp³-hybridized carbons (Fsp3) is 0.235. The first-order valence-electron chi connectivity index (χ1n) is 8.04. The van der Waals surface area contributed by atoms with Crippen LogP contribution in [0, 0.1) is 17.1 Å². The van der Waals surface area contributed by atoms with E-state index in [4.69, 9.17) is 5.26 Å². The Morgan fingerprint density at radius 3 is 2.85 bits per heavy atom. The largest absolute Gasteiger partial charge is 0.338 e. The average Bonchev–Trinajstić information content (AvgIpc) is 2.97. The number of thiol groups is 1. The minimum absolute atomic E-state index is 0.0625. The van der Waals surface area contributed by atoms with Gasteiger partial charge in [0, 0.05) is 17.4 Å². The molecule has 2 aromatic heterocycles. The highest BCUT2D eigenvalue weighted by atomic mass is 32.2. The SMILES string of the molecule is C[C@@H](CC#N)n1nc(Nc2ccc(C[SH](=O)=O)c(F)c2)c2c(=O)[nH]ccc21. The molecule has 10 heteroatoms. The molecular formula is C17H16FN5O3S. The highest BCUT2D eigenvalue weighted by Crippen LogP contribution is 2.27. The second-order valence-corrected chi connectivity index (χ2v) is 6.98. The Balaban J connectivity index is 2.04. The molecule has 0 amide bonds. The van der Waals surface area contributed by atoms with Gasteiger partial charge in [-0.05, 0) is 25.1 Å². The summed E-state index contributed by atoms with van der Waals surface area (Å²) in [5.74, 6) is -0.835. The monoisotopic (exact) mass is 389 g/mol. The van der Waals surface area contributed by atoms with Crippen LogP contribution in [-0.2, 0) is 16.5 Å². The first kappa shape index (κ1) is 18.6. The quantitative estimate of drug-likeness (QED) is 0.556. The van der Waals surface area contributed by atoms with Crippen LogP contribution in [0.5, 0.6) is 0 Å². The number of aromatic amines is 1. The van der Waals surface area contributed by atoms with Gasteiger partial charge >= 0.3 is 0 Å². The lowest BCUT2D eigenvalue weighted by atomic mass is 10.2.